The number of hydrogen-bond acceptors (Lipinski definition) is 4. The van der Waals surface area contributed by atoms with Gasteiger partial charge >= 0.3 is 0 Å². The number of benzene rings is 1. The summed E-state index contributed by atoms with van der Waals surface area (Å²) in [5.74, 6) is 0.0867. The van der Waals surface area contributed by atoms with E-state index in [1.54, 1.807) is 24.3 Å². The van der Waals surface area contributed by atoms with E-state index >= 15 is 0 Å². The first-order valence-corrected chi connectivity index (χ1v) is 9.83. The van der Waals surface area contributed by atoms with E-state index in [1.807, 2.05) is 13.8 Å². The Hall–Kier alpha value is -1.30. The van der Waals surface area contributed by atoms with Gasteiger partial charge in [-0.25, -0.2) is 4.98 Å². The number of halogens is 1. The molecule has 0 spiro atoms. The van der Waals surface area contributed by atoms with E-state index in [1.165, 1.54) is 11.8 Å². The number of imidazole rings is 1. The minimum atomic E-state index is -0.217. The molecule has 1 aliphatic rings. The zero-order valence-corrected chi connectivity index (χ0v) is 16.4. The van der Waals surface area contributed by atoms with Gasteiger partial charge in [0, 0.05) is 22.9 Å². The van der Waals surface area contributed by atoms with Crippen molar-refractivity contribution in [1.82, 2.24) is 9.55 Å². The van der Waals surface area contributed by atoms with Crippen LogP contribution in [0.2, 0.25) is 5.02 Å². The number of rotatable bonds is 6. The van der Waals surface area contributed by atoms with Crippen molar-refractivity contribution in [2.75, 3.05) is 6.61 Å². The second-order valence-corrected chi connectivity index (χ2v) is 8.19. The van der Waals surface area contributed by atoms with Gasteiger partial charge in [-0.2, -0.15) is 0 Å². The Morgan fingerprint density at radius 3 is 2.76 bits per heavy atom. The molecule has 0 aliphatic carbocycles. The Balaban J connectivity index is 1.76. The van der Waals surface area contributed by atoms with Gasteiger partial charge in [-0.3, -0.25) is 4.79 Å². The van der Waals surface area contributed by atoms with Crippen molar-refractivity contribution in [3.63, 3.8) is 0 Å². The van der Waals surface area contributed by atoms with Crippen LogP contribution < -0.4 is 0 Å². The van der Waals surface area contributed by atoms with Gasteiger partial charge in [0.15, 0.2) is 10.9 Å². The zero-order valence-electron chi connectivity index (χ0n) is 14.8. The maximum absolute atomic E-state index is 12.7. The third-order valence-electron chi connectivity index (χ3n) is 4.61. The Kier molecular flexibility index (Phi) is 5.87. The van der Waals surface area contributed by atoms with Gasteiger partial charge in [-0.1, -0.05) is 23.4 Å². The molecular formula is C19H23ClN2O2S. The van der Waals surface area contributed by atoms with E-state index in [2.05, 4.69) is 16.5 Å². The first-order chi connectivity index (χ1) is 12.0. The lowest BCUT2D eigenvalue weighted by Crippen LogP contribution is -2.19. The minimum absolute atomic E-state index is 0.0867. The maximum atomic E-state index is 12.7. The van der Waals surface area contributed by atoms with E-state index < -0.39 is 0 Å². The molecule has 3 rings (SSSR count). The lowest BCUT2D eigenvalue weighted by Gasteiger charge is -2.16. The molecular weight excluding hydrogens is 356 g/mol. The Morgan fingerprint density at radius 1 is 1.40 bits per heavy atom. The molecule has 2 heterocycles. The van der Waals surface area contributed by atoms with Crippen LogP contribution in [0.4, 0.5) is 0 Å². The molecule has 134 valence electrons. The highest BCUT2D eigenvalue weighted by molar-refractivity contribution is 8.00. The van der Waals surface area contributed by atoms with Gasteiger partial charge in [-0.15, -0.1) is 0 Å². The molecule has 6 heteroatoms. The van der Waals surface area contributed by atoms with Crippen LogP contribution in [0.5, 0.6) is 0 Å². The summed E-state index contributed by atoms with van der Waals surface area (Å²) in [6, 6.07) is 7.05. The van der Waals surface area contributed by atoms with Crippen LogP contribution in [0, 0.1) is 13.8 Å². The van der Waals surface area contributed by atoms with E-state index in [4.69, 9.17) is 16.3 Å². The molecule has 0 amide bonds. The first kappa shape index (κ1) is 18.5. The molecule has 2 aromatic rings. The molecule has 25 heavy (non-hydrogen) atoms. The van der Waals surface area contributed by atoms with Crippen LogP contribution in [0.25, 0.3) is 0 Å². The quantitative estimate of drug-likeness (QED) is 0.540. The first-order valence-electron chi connectivity index (χ1n) is 8.57. The summed E-state index contributed by atoms with van der Waals surface area (Å²) in [7, 11) is 0. The number of aryl methyl sites for hydroxylation is 1. The number of ketones is 1. The average Bonchev–Trinajstić information content (AvgIpc) is 3.19. The largest absolute Gasteiger partial charge is 0.376 e. The van der Waals surface area contributed by atoms with Crippen molar-refractivity contribution in [2.45, 2.75) is 56.7 Å². The highest BCUT2D eigenvalue weighted by Gasteiger charge is 2.23. The Labute approximate surface area is 157 Å². The van der Waals surface area contributed by atoms with E-state index in [9.17, 15) is 4.79 Å². The van der Waals surface area contributed by atoms with Crippen molar-refractivity contribution in [3.8, 4) is 0 Å². The van der Waals surface area contributed by atoms with Crippen molar-refractivity contribution in [3.05, 3.63) is 46.2 Å². The highest BCUT2D eigenvalue weighted by atomic mass is 35.5. The van der Waals surface area contributed by atoms with Crippen molar-refractivity contribution < 1.29 is 9.53 Å². The van der Waals surface area contributed by atoms with Crippen molar-refractivity contribution >= 4 is 29.1 Å². The molecule has 2 atom stereocenters. The molecule has 1 aromatic carbocycles. The molecule has 0 unspecified atom stereocenters. The molecule has 0 saturated carbocycles. The normalized spacial score (nSPS) is 18.5. The molecule has 1 aliphatic heterocycles. The number of hydrogen-bond donors (Lipinski definition) is 0. The van der Waals surface area contributed by atoms with Gasteiger partial charge < -0.3 is 9.30 Å². The number of Topliss-reactive ketones (excluding diaryl/α,β-unsaturated/α-hetero) is 1. The lowest BCUT2D eigenvalue weighted by atomic mass is 10.1. The topological polar surface area (TPSA) is 44.1 Å². The summed E-state index contributed by atoms with van der Waals surface area (Å²) in [5, 5.41) is 1.31. The highest BCUT2D eigenvalue weighted by Crippen LogP contribution is 2.29. The smallest absolute Gasteiger partial charge is 0.175 e. The number of carbonyl (C=O) groups excluding carboxylic acids is 1. The van der Waals surface area contributed by atoms with Crippen molar-refractivity contribution in [2.24, 2.45) is 0 Å². The van der Waals surface area contributed by atoms with E-state index in [0.29, 0.717) is 10.6 Å². The van der Waals surface area contributed by atoms with E-state index in [0.717, 1.165) is 42.5 Å². The summed E-state index contributed by atoms with van der Waals surface area (Å²) in [6.07, 6.45) is 2.44. The second kappa shape index (κ2) is 7.94. The fourth-order valence-corrected chi connectivity index (χ4v) is 4.19. The third-order valence-corrected chi connectivity index (χ3v) is 5.96. The molecule has 1 fully saturated rings. The van der Waals surface area contributed by atoms with Crippen LogP contribution in [-0.4, -0.2) is 33.3 Å². The van der Waals surface area contributed by atoms with Crippen LogP contribution in [-0.2, 0) is 11.3 Å². The number of nitrogens with zero attached hydrogens (tertiary/aromatic N) is 2. The van der Waals surface area contributed by atoms with Gasteiger partial charge in [0.25, 0.3) is 0 Å². The van der Waals surface area contributed by atoms with Gasteiger partial charge in [-0.05, 0) is 57.9 Å². The third kappa shape index (κ3) is 4.27. The zero-order chi connectivity index (χ0) is 18.0. The number of aromatic nitrogens is 2. The molecule has 0 radical (unpaired) electrons. The molecule has 1 saturated heterocycles. The number of thioether (sulfide) groups is 1. The SMILES string of the molecule is Cc1nc(S[C@@H](C)C(=O)c2ccc(Cl)cc2)n(C[C@@H]2CCCO2)c1C. The van der Waals surface area contributed by atoms with Crippen LogP contribution in [0.3, 0.4) is 0 Å². The molecule has 1 aromatic heterocycles. The molecule has 4 nitrogen and oxygen atoms in total. The monoisotopic (exact) mass is 378 g/mol. The predicted octanol–water partition coefficient (Wildman–Crippen LogP) is 4.70. The summed E-state index contributed by atoms with van der Waals surface area (Å²) in [5.41, 5.74) is 2.82. The van der Waals surface area contributed by atoms with Gasteiger partial charge in [0.1, 0.15) is 0 Å². The minimum Gasteiger partial charge on any atom is -0.376 e. The van der Waals surface area contributed by atoms with Gasteiger partial charge in [0.2, 0.25) is 0 Å². The Bertz CT molecular complexity index is 752. The fourth-order valence-electron chi connectivity index (χ4n) is 2.98. The number of ether oxygens (including phenoxy) is 1. The van der Waals surface area contributed by atoms with E-state index in [-0.39, 0.29) is 17.1 Å². The standard InChI is InChI=1S/C19H23ClN2O2S/c1-12-13(2)22(11-17-5-4-10-24-17)19(21-12)25-14(3)18(23)15-6-8-16(20)9-7-15/h6-9,14,17H,4-5,10-11H2,1-3H3/t14-,17-/m0/s1. The predicted molar refractivity (Wildman–Crippen MR) is 102 cm³/mol. The molecule has 0 N–H and O–H groups in total. The second-order valence-electron chi connectivity index (χ2n) is 6.44. The fraction of sp³-hybridized carbons (Fsp3) is 0.474. The molecule has 0 bridgehead atoms. The maximum Gasteiger partial charge on any atom is 0.175 e. The lowest BCUT2D eigenvalue weighted by molar-refractivity contribution is 0.0944. The van der Waals surface area contributed by atoms with Crippen LogP contribution >= 0.6 is 23.4 Å². The average molecular weight is 379 g/mol. The number of carbonyl (C=O) groups is 1. The summed E-state index contributed by atoms with van der Waals surface area (Å²) >= 11 is 7.42. The summed E-state index contributed by atoms with van der Waals surface area (Å²) in [4.78, 5) is 17.4. The van der Waals surface area contributed by atoms with Gasteiger partial charge in [0.05, 0.1) is 23.6 Å². The van der Waals surface area contributed by atoms with Crippen LogP contribution in [0.15, 0.2) is 29.4 Å². The summed E-state index contributed by atoms with van der Waals surface area (Å²) < 4.78 is 7.97. The van der Waals surface area contributed by atoms with Crippen LogP contribution in [0.1, 0.15) is 41.5 Å². The Morgan fingerprint density at radius 2 is 2.12 bits per heavy atom. The van der Waals surface area contributed by atoms with Crippen molar-refractivity contribution in [1.29, 1.82) is 0 Å². The summed E-state index contributed by atoms with van der Waals surface area (Å²) in [6.45, 7) is 7.66.